The number of aliphatic hydroxyl groups is 1. The highest BCUT2D eigenvalue weighted by atomic mass is 19.1. The third kappa shape index (κ3) is 4.89. The summed E-state index contributed by atoms with van der Waals surface area (Å²) in [5, 5.41) is 14.1. The molecule has 0 aliphatic rings. The number of amides is 2. The number of anilines is 1. The van der Waals surface area contributed by atoms with Crippen molar-refractivity contribution in [2.45, 2.75) is 12.5 Å². The third-order valence-electron chi connectivity index (χ3n) is 3.23. The highest BCUT2D eigenvalue weighted by Gasteiger charge is 2.19. The number of halogens is 1. The maximum absolute atomic E-state index is 12.8. The second-order valence-electron chi connectivity index (χ2n) is 4.91. The summed E-state index contributed by atoms with van der Waals surface area (Å²) < 4.78 is 12.8. The SMILES string of the molecule is O=C(Nc1ccc(F)cc1)C(=O)NC(CCO)c1ccccc1. The standard InChI is InChI=1S/C17H17FN2O3/c18-13-6-8-14(9-7-13)19-16(22)17(23)20-15(10-11-21)12-4-2-1-3-5-12/h1-9,15,21H,10-11H2,(H,19,22)(H,20,23). The Morgan fingerprint density at radius 1 is 1.00 bits per heavy atom. The van der Waals surface area contributed by atoms with Gasteiger partial charge < -0.3 is 15.7 Å². The third-order valence-corrected chi connectivity index (χ3v) is 3.23. The molecular formula is C17H17FN2O3. The molecule has 2 amide bonds. The topological polar surface area (TPSA) is 78.4 Å². The Labute approximate surface area is 133 Å². The molecule has 0 saturated carbocycles. The van der Waals surface area contributed by atoms with Crippen LogP contribution in [0, 0.1) is 5.82 Å². The van der Waals surface area contributed by atoms with Gasteiger partial charge in [-0.15, -0.1) is 0 Å². The summed E-state index contributed by atoms with van der Waals surface area (Å²) in [6.07, 6.45) is 0.291. The molecule has 0 spiro atoms. The van der Waals surface area contributed by atoms with Crippen molar-refractivity contribution < 1.29 is 19.1 Å². The molecule has 23 heavy (non-hydrogen) atoms. The van der Waals surface area contributed by atoms with Gasteiger partial charge in [-0.1, -0.05) is 30.3 Å². The van der Waals surface area contributed by atoms with Crippen LogP contribution in [0.2, 0.25) is 0 Å². The first-order valence-electron chi connectivity index (χ1n) is 7.13. The van der Waals surface area contributed by atoms with E-state index < -0.39 is 23.7 Å². The van der Waals surface area contributed by atoms with Crippen LogP contribution in [0.5, 0.6) is 0 Å². The van der Waals surface area contributed by atoms with Gasteiger partial charge in [0.2, 0.25) is 0 Å². The Hall–Kier alpha value is -2.73. The molecule has 2 rings (SSSR count). The van der Waals surface area contributed by atoms with Crippen molar-refractivity contribution in [3.8, 4) is 0 Å². The van der Waals surface area contributed by atoms with Gasteiger partial charge in [-0.3, -0.25) is 9.59 Å². The Morgan fingerprint density at radius 3 is 2.26 bits per heavy atom. The lowest BCUT2D eigenvalue weighted by Gasteiger charge is -2.18. The van der Waals surface area contributed by atoms with Gasteiger partial charge in [0, 0.05) is 12.3 Å². The van der Waals surface area contributed by atoms with Crippen LogP contribution in [0.15, 0.2) is 54.6 Å². The number of rotatable bonds is 5. The molecule has 0 aliphatic heterocycles. The summed E-state index contributed by atoms with van der Waals surface area (Å²) in [5.41, 5.74) is 1.12. The Balaban J connectivity index is 2.00. The second kappa shape index (κ2) is 8.05. The summed E-state index contributed by atoms with van der Waals surface area (Å²) in [7, 11) is 0. The fraction of sp³-hybridized carbons (Fsp3) is 0.176. The lowest BCUT2D eigenvalue weighted by molar-refractivity contribution is -0.136. The summed E-state index contributed by atoms with van der Waals surface area (Å²) in [5.74, 6) is -2.10. The molecule has 3 N–H and O–H groups in total. The summed E-state index contributed by atoms with van der Waals surface area (Å²) in [4.78, 5) is 23.9. The summed E-state index contributed by atoms with van der Waals surface area (Å²) in [6, 6.07) is 13.7. The van der Waals surface area contributed by atoms with E-state index in [2.05, 4.69) is 10.6 Å². The molecule has 1 unspecified atom stereocenters. The molecule has 2 aromatic rings. The molecule has 0 fully saturated rings. The predicted molar refractivity (Wildman–Crippen MR) is 84.1 cm³/mol. The van der Waals surface area contributed by atoms with Crippen LogP contribution < -0.4 is 10.6 Å². The summed E-state index contributed by atoms with van der Waals surface area (Å²) >= 11 is 0. The predicted octanol–water partition coefficient (Wildman–Crippen LogP) is 2.00. The number of nitrogens with one attached hydrogen (secondary N) is 2. The molecular weight excluding hydrogens is 299 g/mol. The van der Waals surface area contributed by atoms with Crippen LogP contribution in [-0.2, 0) is 9.59 Å². The first kappa shape index (κ1) is 16.6. The van der Waals surface area contributed by atoms with Crippen molar-refractivity contribution in [1.82, 2.24) is 5.32 Å². The van der Waals surface area contributed by atoms with Crippen molar-refractivity contribution in [3.63, 3.8) is 0 Å². The van der Waals surface area contributed by atoms with E-state index in [9.17, 15) is 14.0 Å². The maximum Gasteiger partial charge on any atom is 0.313 e. The molecule has 0 bridgehead atoms. The van der Waals surface area contributed by atoms with Crippen LogP contribution in [0.4, 0.5) is 10.1 Å². The number of hydrogen-bond acceptors (Lipinski definition) is 3. The van der Waals surface area contributed by atoms with Crippen LogP contribution in [0.25, 0.3) is 0 Å². The zero-order chi connectivity index (χ0) is 16.7. The summed E-state index contributed by atoms with van der Waals surface area (Å²) in [6.45, 7) is -0.126. The van der Waals surface area contributed by atoms with Crippen LogP contribution in [0.1, 0.15) is 18.0 Å². The zero-order valence-corrected chi connectivity index (χ0v) is 12.3. The zero-order valence-electron chi connectivity index (χ0n) is 12.3. The van der Waals surface area contributed by atoms with Gasteiger partial charge in [0.1, 0.15) is 5.82 Å². The largest absolute Gasteiger partial charge is 0.396 e. The molecule has 0 aliphatic carbocycles. The number of benzene rings is 2. The van der Waals surface area contributed by atoms with Gasteiger partial charge in [-0.25, -0.2) is 4.39 Å². The van der Waals surface area contributed by atoms with Crippen LogP contribution in [0.3, 0.4) is 0 Å². The second-order valence-corrected chi connectivity index (χ2v) is 4.91. The molecule has 2 aromatic carbocycles. The quantitative estimate of drug-likeness (QED) is 0.738. The van der Waals surface area contributed by atoms with Gasteiger partial charge >= 0.3 is 11.8 Å². The monoisotopic (exact) mass is 316 g/mol. The van der Waals surface area contributed by atoms with Gasteiger partial charge in [0.05, 0.1) is 6.04 Å². The lowest BCUT2D eigenvalue weighted by Crippen LogP contribution is -2.38. The fourth-order valence-electron chi connectivity index (χ4n) is 2.08. The molecule has 5 nitrogen and oxygen atoms in total. The average molecular weight is 316 g/mol. The van der Waals surface area contributed by atoms with E-state index in [0.717, 1.165) is 5.56 Å². The van der Waals surface area contributed by atoms with Gasteiger partial charge in [0.25, 0.3) is 0 Å². The molecule has 1 atom stereocenters. The van der Waals surface area contributed by atoms with Gasteiger partial charge in [-0.05, 0) is 36.2 Å². The number of aliphatic hydroxyl groups excluding tert-OH is 1. The van der Waals surface area contributed by atoms with Gasteiger partial charge in [-0.2, -0.15) is 0 Å². The van der Waals surface area contributed by atoms with Crippen molar-refractivity contribution in [2.75, 3.05) is 11.9 Å². The van der Waals surface area contributed by atoms with Crippen LogP contribution in [-0.4, -0.2) is 23.5 Å². The molecule has 0 aromatic heterocycles. The van der Waals surface area contributed by atoms with E-state index in [-0.39, 0.29) is 6.61 Å². The van der Waals surface area contributed by atoms with E-state index in [1.165, 1.54) is 24.3 Å². The van der Waals surface area contributed by atoms with E-state index in [1.807, 2.05) is 18.2 Å². The highest BCUT2D eigenvalue weighted by molar-refractivity contribution is 6.39. The smallest absolute Gasteiger partial charge is 0.313 e. The molecule has 6 heteroatoms. The number of carbonyl (C=O) groups is 2. The maximum atomic E-state index is 12.8. The Kier molecular flexibility index (Phi) is 5.82. The molecule has 0 radical (unpaired) electrons. The first-order valence-corrected chi connectivity index (χ1v) is 7.13. The molecule has 120 valence electrons. The van der Waals surface area contributed by atoms with Crippen LogP contribution >= 0.6 is 0 Å². The first-order chi connectivity index (χ1) is 11.1. The van der Waals surface area contributed by atoms with E-state index in [0.29, 0.717) is 12.1 Å². The van der Waals surface area contributed by atoms with Crippen molar-refractivity contribution in [2.24, 2.45) is 0 Å². The number of carbonyl (C=O) groups excluding carboxylic acids is 2. The Morgan fingerprint density at radius 2 is 1.65 bits per heavy atom. The van der Waals surface area contributed by atoms with E-state index in [4.69, 9.17) is 5.11 Å². The highest BCUT2D eigenvalue weighted by Crippen LogP contribution is 2.16. The van der Waals surface area contributed by atoms with E-state index in [1.54, 1.807) is 12.1 Å². The minimum atomic E-state index is -0.851. The van der Waals surface area contributed by atoms with E-state index >= 15 is 0 Å². The fourth-order valence-corrected chi connectivity index (χ4v) is 2.08. The van der Waals surface area contributed by atoms with Crippen molar-refractivity contribution >= 4 is 17.5 Å². The minimum absolute atomic E-state index is 0.126. The lowest BCUT2D eigenvalue weighted by atomic mass is 10.0. The molecule has 0 saturated heterocycles. The normalized spacial score (nSPS) is 11.6. The average Bonchev–Trinajstić information content (AvgIpc) is 2.57. The Bertz CT molecular complexity index is 659. The molecule has 0 heterocycles. The number of hydrogen-bond donors (Lipinski definition) is 3. The van der Waals surface area contributed by atoms with Gasteiger partial charge in [0.15, 0.2) is 0 Å². The minimum Gasteiger partial charge on any atom is -0.396 e. The van der Waals surface area contributed by atoms with Crippen molar-refractivity contribution in [1.29, 1.82) is 0 Å². The van der Waals surface area contributed by atoms with Crippen molar-refractivity contribution in [3.05, 3.63) is 66.0 Å².